The van der Waals surface area contributed by atoms with Gasteiger partial charge in [-0.15, -0.1) is 0 Å². The van der Waals surface area contributed by atoms with Crippen molar-refractivity contribution in [2.24, 2.45) is 0 Å². The minimum absolute atomic E-state index is 0.116. The van der Waals surface area contributed by atoms with Gasteiger partial charge in [-0.25, -0.2) is 13.1 Å². The first-order chi connectivity index (χ1) is 13.6. The third kappa shape index (κ3) is 4.99. The molecular weight excluding hydrogens is 401 g/mol. The van der Waals surface area contributed by atoms with Gasteiger partial charge in [-0.3, -0.25) is 0 Å². The lowest BCUT2D eigenvalue weighted by atomic mass is 9.92. The smallest absolute Gasteiger partial charge is 0.317 e. The fraction of sp³-hybridized carbons (Fsp3) is 0.429. The Balaban J connectivity index is 2.06. The molecule has 0 atom stereocenters. The molecule has 0 aromatic heterocycles. The Hall–Kier alpha value is -1.90. The number of hydrogen-bond acceptors (Lipinski definition) is 3. The fourth-order valence-electron chi connectivity index (χ4n) is 3.64. The first kappa shape index (κ1) is 21.8. The molecule has 29 heavy (non-hydrogen) atoms. The summed E-state index contributed by atoms with van der Waals surface area (Å²) >= 11 is 0. The molecule has 1 heterocycles. The highest BCUT2D eigenvalue weighted by atomic mass is 32.2. The van der Waals surface area contributed by atoms with E-state index in [1.807, 2.05) is 26.0 Å². The average Bonchev–Trinajstić information content (AvgIpc) is 2.67. The van der Waals surface area contributed by atoms with Crippen LogP contribution in [0.2, 0.25) is 0 Å². The normalized spacial score (nSPS) is 16.3. The third-order valence-corrected chi connectivity index (χ3v) is 6.71. The molecule has 1 aliphatic rings. The maximum Gasteiger partial charge on any atom is 0.417 e. The van der Waals surface area contributed by atoms with Crippen molar-refractivity contribution in [2.45, 2.75) is 49.7 Å². The predicted octanol–water partition coefficient (Wildman–Crippen LogP) is 4.53. The van der Waals surface area contributed by atoms with E-state index in [4.69, 9.17) is 0 Å². The summed E-state index contributed by atoms with van der Waals surface area (Å²) in [5, 5.41) is 3.10. The molecule has 4 nitrogen and oxygen atoms in total. The summed E-state index contributed by atoms with van der Waals surface area (Å²) in [5.41, 5.74) is 0.782. The number of benzene rings is 2. The summed E-state index contributed by atoms with van der Waals surface area (Å²) in [6.07, 6.45) is -3.71. The highest BCUT2D eigenvalue weighted by Gasteiger charge is 2.38. The minimum Gasteiger partial charge on any atom is -0.317 e. The van der Waals surface area contributed by atoms with E-state index in [0.29, 0.717) is 37.1 Å². The van der Waals surface area contributed by atoms with Crippen LogP contribution in [0.25, 0.3) is 11.1 Å². The molecule has 1 fully saturated rings. The zero-order valence-corrected chi connectivity index (χ0v) is 17.2. The number of sulfonamides is 1. The Bertz CT molecular complexity index is 966. The van der Waals surface area contributed by atoms with Crippen LogP contribution in [0, 0.1) is 0 Å². The van der Waals surface area contributed by atoms with Gasteiger partial charge in [0.25, 0.3) is 0 Å². The number of piperidine rings is 1. The second-order valence-corrected chi connectivity index (χ2v) is 9.28. The predicted molar refractivity (Wildman–Crippen MR) is 107 cm³/mol. The minimum atomic E-state index is -4.79. The lowest BCUT2D eigenvalue weighted by Crippen LogP contribution is -2.43. The molecule has 0 radical (unpaired) electrons. The molecule has 0 spiro atoms. The second kappa shape index (κ2) is 8.45. The summed E-state index contributed by atoms with van der Waals surface area (Å²) in [7, 11) is -4.30. The second-order valence-electron chi connectivity index (χ2n) is 7.60. The zero-order chi connectivity index (χ0) is 21.2. The molecular formula is C21H25F3N2O2S. The van der Waals surface area contributed by atoms with Crippen LogP contribution in [0.3, 0.4) is 0 Å². The molecule has 0 unspecified atom stereocenters. The molecule has 3 rings (SSSR count). The molecule has 0 bridgehead atoms. The van der Waals surface area contributed by atoms with E-state index >= 15 is 0 Å². The van der Waals surface area contributed by atoms with Crippen LogP contribution in [-0.4, -0.2) is 27.5 Å². The Morgan fingerprint density at radius 2 is 1.72 bits per heavy atom. The van der Waals surface area contributed by atoms with Crippen molar-refractivity contribution < 1.29 is 21.6 Å². The highest BCUT2D eigenvalue weighted by Crippen LogP contribution is 2.38. The Morgan fingerprint density at radius 1 is 1.07 bits per heavy atom. The summed E-state index contributed by atoms with van der Waals surface area (Å²) < 4.78 is 69.4. The van der Waals surface area contributed by atoms with Gasteiger partial charge >= 0.3 is 6.18 Å². The van der Waals surface area contributed by atoms with E-state index in [2.05, 4.69) is 10.0 Å². The molecule has 1 aliphatic heterocycles. The van der Waals surface area contributed by atoms with Gasteiger partial charge in [0.05, 0.1) is 10.5 Å². The van der Waals surface area contributed by atoms with Gasteiger partial charge in [0.2, 0.25) is 10.0 Å². The molecule has 2 N–H and O–H groups in total. The van der Waals surface area contributed by atoms with Crippen LogP contribution < -0.4 is 10.0 Å². The van der Waals surface area contributed by atoms with Crippen LogP contribution in [0.5, 0.6) is 0 Å². The van der Waals surface area contributed by atoms with Gasteiger partial charge in [0.15, 0.2) is 0 Å². The van der Waals surface area contributed by atoms with E-state index in [0.717, 1.165) is 17.7 Å². The van der Waals surface area contributed by atoms with Gasteiger partial charge in [0.1, 0.15) is 0 Å². The van der Waals surface area contributed by atoms with E-state index in [1.165, 1.54) is 6.07 Å². The molecule has 0 aliphatic carbocycles. The molecule has 0 amide bonds. The van der Waals surface area contributed by atoms with Crippen LogP contribution in [0.15, 0.2) is 47.4 Å². The zero-order valence-electron chi connectivity index (χ0n) is 16.4. The van der Waals surface area contributed by atoms with Crippen molar-refractivity contribution in [3.8, 4) is 11.1 Å². The maximum atomic E-state index is 13.8. The van der Waals surface area contributed by atoms with Crippen LogP contribution in [-0.2, 0) is 16.2 Å². The molecule has 8 heteroatoms. The van der Waals surface area contributed by atoms with E-state index in [1.54, 1.807) is 12.1 Å². The maximum absolute atomic E-state index is 13.8. The SMILES string of the molecule is CC(C)c1ccccc1-c1ccc(S(=O)(=O)NC2CCNCC2)c(C(F)(F)F)c1. The van der Waals surface area contributed by atoms with Crippen molar-refractivity contribution in [1.82, 2.24) is 10.0 Å². The van der Waals surface area contributed by atoms with Crippen molar-refractivity contribution in [3.05, 3.63) is 53.6 Å². The Labute approximate surface area is 169 Å². The van der Waals surface area contributed by atoms with Crippen LogP contribution in [0.4, 0.5) is 13.2 Å². The summed E-state index contributed by atoms with van der Waals surface area (Å²) in [6.45, 7) is 5.19. The Kier molecular flexibility index (Phi) is 6.36. The van der Waals surface area contributed by atoms with Crippen molar-refractivity contribution in [3.63, 3.8) is 0 Å². The first-order valence-corrected chi connectivity index (χ1v) is 11.1. The van der Waals surface area contributed by atoms with Gasteiger partial charge in [-0.1, -0.05) is 44.2 Å². The standard InChI is InChI=1S/C21H25F3N2O2S/c1-14(2)17-5-3-4-6-18(17)15-7-8-20(19(13-15)21(22,23)24)29(27,28)26-16-9-11-25-12-10-16/h3-8,13-14,16,25-26H,9-12H2,1-2H3. The molecule has 0 saturated carbocycles. The van der Waals surface area contributed by atoms with E-state index in [-0.39, 0.29) is 12.0 Å². The number of hydrogen-bond donors (Lipinski definition) is 2. The van der Waals surface area contributed by atoms with Crippen LogP contribution in [0.1, 0.15) is 43.7 Å². The lowest BCUT2D eigenvalue weighted by molar-refractivity contribution is -0.139. The topological polar surface area (TPSA) is 58.2 Å². The van der Waals surface area contributed by atoms with E-state index in [9.17, 15) is 21.6 Å². The number of rotatable bonds is 5. The summed E-state index contributed by atoms with van der Waals surface area (Å²) in [5.74, 6) is 0.116. The van der Waals surface area contributed by atoms with Crippen molar-refractivity contribution >= 4 is 10.0 Å². The van der Waals surface area contributed by atoms with Gasteiger partial charge < -0.3 is 5.32 Å². The number of alkyl halides is 3. The summed E-state index contributed by atoms with van der Waals surface area (Å²) in [4.78, 5) is -0.727. The quantitative estimate of drug-likeness (QED) is 0.739. The molecule has 158 valence electrons. The molecule has 1 saturated heterocycles. The van der Waals surface area contributed by atoms with E-state index < -0.39 is 26.7 Å². The molecule has 2 aromatic rings. The monoisotopic (exact) mass is 426 g/mol. The molecule has 2 aromatic carbocycles. The number of nitrogens with one attached hydrogen (secondary N) is 2. The lowest BCUT2D eigenvalue weighted by Gasteiger charge is -2.24. The van der Waals surface area contributed by atoms with Crippen LogP contribution >= 0.6 is 0 Å². The average molecular weight is 427 g/mol. The largest absolute Gasteiger partial charge is 0.417 e. The van der Waals surface area contributed by atoms with Gasteiger partial charge in [0, 0.05) is 6.04 Å². The van der Waals surface area contributed by atoms with Crippen molar-refractivity contribution in [2.75, 3.05) is 13.1 Å². The Morgan fingerprint density at radius 3 is 2.34 bits per heavy atom. The highest BCUT2D eigenvalue weighted by molar-refractivity contribution is 7.89. The van der Waals surface area contributed by atoms with Gasteiger partial charge in [-0.05, 0) is 60.7 Å². The summed E-state index contributed by atoms with van der Waals surface area (Å²) in [6, 6.07) is 10.3. The third-order valence-electron chi connectivity index (χ3n) is 5.13. The fourth-order valence-corrected chi connectivity index (χ4v) is 5.15. The van der Waals surface area contributed by atoms with Crippen molar-refractivity contribution in [1.29, 1.82) is 0 Å². The number of halogens is 3. The van der Waals surface area contributed by atoms with Gasteiger partial charge in [-0.2, -0.15) is 13.2 Å². The first-order valence-electron chi connectivity index (χ1n) is 9.63.